The number of aromatic amines is 2. The van der Waals surface area contributed by atoms with E-state index >= 15 is 0 Å². The van der Waals surface area contributed by atoms with Crippen LogP contribution in [0, 0.1) is 0 Å². The first kappa shape index (κ1) is 19.7. The third kappa shape index (κ3) is 4.14. The number of carbonyl (C=O) groups is 1. The molecule has 154 valence electrons. The summed E-state index contributed by atoms with van der Waals surface area (Å²) in [5, 5.41) is 15.0. The predicted octanol–water partition coefficient (Wildman–Crippen LogP) is 4.18. The van der Waals surface area contributed by atoms with Crippen molar-refractivity contribution in [3.63, 3.8) is 0 Å². The number of amides is 1. The predicted molar refractivity (Wildman–Crippen MR) is 126 cm³/mol. The van der Waals surface area contributed by atoms with Gasteiger partial charge in [-0.3, -0.25) is 9.69 Å². The minimum Gasteiger partial charge on any atom is -0.361 e. The fraction of sp³-hybridized carbons (Fsp3) is 0.136. The Hall–Kier alpha value is -3.30. The molecule has 2 N–H and O–H groups in total. The van der Waals surface area contributed by atoms with Gasteiger partial charge in [0.1, 0.15) is 4.32 Å². The molecule has 0 radical (unpaired) electrons. The Morgan fingerprint density at radius 2 is 2.03 bits per heavy atom. The Kier molecular flexibility index (Phi) is 5.35. The van der Waals surface area contributed by atoms with Crippen molar-refractivity contribution in [2.75, 3.05) is 6.54 Å². The highest BCUT2D eigenvalue weighted by molar-refractivity contribution is 8.26. The van der Waals surface area contributed by atoms with Crippen LogP contribution in [0.25, 0.3) is 28.1 Å². The van der Waals surface area contributed by atoms with Crippen molar-refractivity contribution < 1.29 is 4.79 Å². The summed E-state index contributed by atoms with van der Waals surface area (Å²) in [7, 11) is 0. The number of aromatic nitrogens is 5. The average Bonchev–Trinajstić information content (AvgIpc) is 3.51. The van der Waals surface area contributed by atoms with Crippen LogP contribution in [-0.4, -0.2) is 47.3 Å². The van der Waals surface area contributed by atoms with Crippen LogP contribution in [0.3, 0.4) is 0 Å². The number of benzene rings is 2. The van der Waals surface area contributed by atoms with E-state index in [9.17, 15) is 4.79 Å². The molecule has 9 heteroatoms. The van der Waals surface area contributed by atoms with Gasteiger partial charge < -0.3 is 4.98 Å². The van der Waals surface area contributed by atoms with Crippen LogP contribution >= 0.6 is 24.0 Å². The molecule has 2 aromatic heterocycles. The van der Waals surface area contributed by atoms with Gasteiger partial charge in [-0.2, -0.15) is 5.21 Å². The van der Waals surface area contributed by atoms with Crippen molar-refractivity contribution in [2.24, 2.45) is 0 Å². The van der Waals surface area contributed by atoms with Crippen molar-refractivity contribution in [1.29, 1.82) is 0 Å². The number of carbonyl (C=O) groups excluding carboxylic acids is 1. The van der Waals surface area contributed by atoms with Crippen LogP contribution in [-0.2, 0) is 11.2 Å². The molecule has 31 heavy (non-hydrogen) atoms. The second kappa shape index (κ2) is 8.44. The molecule has 1 saturated heterocycles. The van der Waals surface area contributed by atoms with Gasteiger partial charge in [-0.25, -0.2) is 0 Å². The Bertz CT molecular complexity index is 1290. The van der Waals surface area contributed by atoms with E-state index < -0.39 is 0 Å². The Morgan fingerprint density at radius 1 is 1.13 bits per heavy atom. The monoisotopic (exact) mass is 446 g/mol. The molecule has 0 spiro atoms. The van der Waals surface area contributed by atoms with Gasteiger partial charge in [0.25, 0.3) is 5.91 Å². The number of hydrogen-bond acceptors (Lipinski definition) is 6. The second-order valence-electron chi connectivity index (χ2n) is 7.17. The number of aryl methyl sites for hydroxylation is 1. The summed E-state index contributed by atoms with van der Waals surface area (Å²) in [6, 6.07) is 16.6. The zero-order valence-corrected chi connectivity index (χ0v) is 18.0. The number of nitrogens with zero attached hydrogens (tertiary/aromatic N) is 4. The van der Waals surface area contributed by atoms with E-state index in [0.29, 0.717) is 28.0 Å². The first-order valence-electron chi connectivity index (χ1n) is 9.83. The molecule has 0 unspecified atom stereocenters. The SMILES string of the molecule is O=C1/C(=C/c2cccc(-c3ccc4[nH]ccc4c3)c2)SC(=S)N1CCCc1nn[nH]n1. The lowest BCUT2D eigenvalue weighted by atomic mass is 10.0. The Balaban J connectivity index is 1.32. The number of hydrogen-bond donors (Lipinski definition) is 2. The van der Waals surface area contributed by atoms with Crippen LogP contribution in [0.1, 0.15) is 17.8 Å². The van der Waals surface area contributed by atoms with E-state index in [1.807, 2.05) is 24.4 Å². The summed E-state index contributed by atoms with van der Waals surface area (Å²) < 4.78 is 0.582. The Morgan fingerprint density at radius 3 is 2.90 bits per heavy atom. The molecular formula is C22H18N6OS2. The fourth-order valence-corrected chi connectivity index (χ4v) is 4.88. The van der Waals surface area contributed by atoms with E-state index in [2.05, 4.69) is 62.0 Å². The summed E-state index contributed by atoms with van der Waals surface area (Å²) in [5.41, 5.74) is 4.32. The van der Waals surface area contributed by atoms with Gasteiger partial charge in [-0.05, 0) is 58.8 Å². The van der Waals surface area contributed by atoms with E-state index in [0.717, 1.165) is 28.6 Å². The third-order valence-corrected chi connectivity index (χ3v) is 6.49. The molecule has 5 rings (SSSR count). The van der Waals surface area contributed by atoms with Crippen LogP contribution in [0.5, 0.6) is 0 Å². The van der Waals surface area contributed by atoms with Gasteiger partial charge in [-0.15, -0.1) is 10.2 Å². The number of tetrazole rings is 1. The molecule has 1 aliphatic heterocycles. The molecule has 0 saturated carbocycles. The zero-order valence-electron chi connectivity index (χ0n) is 16.4. The van der Waals surface area contributed by atoms with E-state index in [1.54, 1.807) is 4.90 Å². The molecule has 1 amide bonds. The van der Waals surface area contributed by atoms with E-state index in [-0.39, 0.29) is 5.91 Å². The summed E-state index contributed by atoms with van der Waals surface area (Å²) >= 11 is 6.78. The lowest BCUT2D eigenvalue weighted by Crippen LogP contribution is -2.29. The van der Waals surface area contributed by atoms with Gasteiger partial charge in [0.05, 0.1) is 4.91 Å². The molecule has 3 heterocycles. The van der Waals surface area contributed by atoms with Crippen LogP contribution in [0.15, 0.2) is 59.6 Å². The smallest absolute Gasteiger partial charge is 0.266 e. The molecule has 0 bridgehead atoms. The van der Waals surface area contributed by atoms with Crippen molar-refractivity contribution >= 4 is 51.2 Å². The Labute approximate surface area is 187 Å². The molecule has 0 aliphatic carbocycles. The summed E-state index contributed by atoms with van der Waals surface area (Å²) in [5.74, 6) is 0.581. The van der Waals surface area contributed by atoms with Crippen molar-refractivity contribution in [1.82, 2.24) is 30.5 Å². The quantitative estimate of drug-likeness (QED) is 0.341. The molecule has 1 aliphatic rings. The molecular weight excluding hydrogens is 428 g/mol. The van der Waals surface area contributed by atoms with Crippen LogP contribution in [0.4, 0.5) is 0 Å². The van der Waals surface area contributed by atoms with E-state index in [4.69, 9.17) is 12.2 Å². The summed E-state index contributed by atoms with van der Waals surface area (Å²) in [6.45, 7) is 0.535. The maximum atomic E-state index is 12.9. The summed E-state index contributed by atoms with van der Waals surface area (Å²) in [4.78, 5) is 18.4. The number of thiocarbonyl (C=S) groups is 1. The van der Waals surface area contributed by atoms with Crippen LogP contribution < -0.4 is 0 Å². The van der Waals surface area contributed by atoms with Gasteiger partial charge in [0.2, 0.25) is 0 Å². The first-order chi connectivity index (χ1) is 15.2. The fourth-order valence-electron chi connectivity index (χ4n) is 3.57. The number of rotatable bonds is 6. The molecule has 2 aromatic carbocycles. The highest BCUT2D eigenvalue weighted by atomic mass is 32.2. The zero-order chi connectivity index (χ0) is 21.2. The maximum Gasteiger partial charge on any atom is 0.266 e. The van der Waals surface area contributed by atoms with Gasteiger partial charge in [-0.1, -0.05) is 53.5 Å². The second-order valence-corrected chi connectivity index (χ2v) is 8.85. The maximum absolute atomic E-state index is 12.9. The lowest BCUT2D eigenvalue weighted by molar-refractivity contribution is -0.122. The number of fused-ring (bicyclic) bond motifs is 1. The number of nitrogens with one attached hydrogen (secondary N) is 2. The topological polar surface area (TPSA) is 90.6 Å². The minimum atomic E-state index is -0.0535. The van der Waals surface area contributed by atoms with Gasteiger partial charge >= 0.3 is 0 Å². The van der Waals surface area contributed by atoms with E-state index in [1.165, 1.54) is 17.1 Å². The molecule has 7 nitrogen and oxygen atoms in total. The summed E-state index contributed by atoms with van der Waals surface area (Å²) in [6.07, 6.45) is 5.21. The normalized spacial score (nSPS) is 15.5. The van der Waals surface area contributed by atoms with Crippen LogP contribution in [0.2, 0.25) is 0 Å². The van der Waals surface area contributed by atoms with Crippen molar-refractivity contribution in [3.05, 3.63) is 71.0 Å². The molecule has 4 aromatic rings. The first-order valence-corrected chi connectivity index (χ1v) is 11.1. The number of thioether (sulfide) groups is 1. The van der Waals surface area contributed by atoms with Gasteiger partial charge in [0, 0.05) is 24.7 Å². The third-order valence-electron chi connectivity index (χ3n) is 5.12. The molecule has 0 atom stereocenters. The number of H-pyrrole nitrogens is 2. The minimum absolute atomic E-state index is 0.0535. The van der Waals surface area contributed by atoms with Crippen molar-refractivity contribution in [3.8, 4) is 11.1 Å². The molecule has 1 fully saturated rings. The van der Waals surface area contributed by atoms with Crippen molar-refractivity contribution in [2.45, 2.75) is 12.8 Å². The standard InChI is InChI=1S/C22H18N6OS2/c29-21-19(31-22(30)28(21)10-2-5-20-24-26-27-25-20)12-14-3-1-4-15(11-14)16-6-7-18-17(13-16)8-9-23-18/h1,3-4,6-9,11-13,23H,2,5,10H2,(H,24,25,26,27)/b19-12-. The van der Waals surface area contributed by atoms with Gasteiger partial charge in [0.15, 0.2) is 5.82 Å². The lowest BCUT2D eigenvalue weighted by Gasteiger charge is -2.13. The largest absolute Gasteiger partial charge is 0.361 e. The average molecular weight is 447 g/mol. The highest BCUT2D eigenvalue weighted by Gasteiger charge is 2.31. The highest BCUT2D eigenvalue weighted by Crippen LogP contribution is 2.33.